The predicted octanol–water partition coefficient (Wildman–Crippen LogP) is 3.86. The average molecular weight is 494 g/mol. The molecule has 3 heterocycles. The Morgan fingerprint density at radius 1 is 1.37 bits per heavy atom. The first-order valence-corrected chi connectivity index (χ1v) is 10.5. The maximum Gasteiger partial charge on any atom is 0.255 e. The lowest BCUT2D eigenvalue weighted by Gasteiger charge is -2.16. The Hall–Kier alpha value is -3.97. The van der Waals surface area contributed by atoms with Crippen molar-refractivity contribution in [1.82, 2.24) is 19.5 Å². The summed E-state index contributed by atoms with van der Waals surface area (Å²) in [4.78, 5) is 17.2. The zero-order chi connectivity index (χ0) is 25.3. The van der Waals surface area contributed by atoms with Gasteiger partial charge in [0, 0.05) is 13.5 Å². The minimum atomic E-state index is -2.64. The predicted molar refractivity (Wildman–Crippen MR) is 119 cm³/mol. The summed E-state index contributed by atoms with van der Waals surface area (Å²) in [6, 6.07) is 3.51. The van der Waals surface area contributed by atoms with E-state index >= 15 is 4.39 Å². The normalized spacial score (nSPS) is 17.7. The van der Waals surface area contributed by atoms with Crippen molar-refractivity contribution in [1.29, 1.82) is 5.53 Å². The van der Waals surface area contributed by atoms with Crippen LogP contribution in [0.4, 0.5) is 34.9 Å². The molecule has 1 aliphatic heterocycles. The zero-order valence-electron chi connectivity index (χ0n) is 18.7. The Labute approximate surface area is 196 Å². The van der Waals surface area contributed by atoms with E-state index < -0.39 is 31.0 Å². The molecule has 0 saturated carbocycles. The number of carbonyl (C=O) groups excluding carboxylic acids is 1. The SMILES string of the molecule is COc1nc(N[C@@H]2CN(C(C)=O)C[C@@H]2F)nn2cc(F)c(-c3ccc(N=N)c(NCC(F)F)c3)c12. The number of fused-ring (bicyclic) bond motifs is 1. The summed E-state index contributed by atoms with van der Waals surface area (Å²) >= 11 is 0. The van der Waals surface area contributed by atoms with Gasteiger partial charge in [0.2, 0.25) is 17.7 Å². The first kappa shape index (κ1) is 24.2. The van der Waals surface area contributed by atoms with Crippen molar-refractivity contribution in [3.63, 3.8) is 0 Å². The largest absolute Gasteiger partial charge is 0.479 e. The molecule has 2 aromatic heterocycles. The molecule has 4 rings (SSSR count). The number of alkyl halides is 3. The highest BCUT2D eigenvalue weighted by atomic mass is 19.3. The van der Waals surface area contributed by atoms with Gasteiger partial charge in [-0.15, -0.1) is 5.10 Å². The molecule has 1 saturated heterocycles. The quantitative estimate of drug-likeness (QED) is 0.323. The van der Waals surface area contributed by atoms with Crippen LogP contribution in [0.15, 0.2) is 29.5 Å². The Kier molecular flexibility index (Phi) is 6.71. The molecule has 0 spiro atoms. The molecule has 1 fully saturated rings. The van der Waals surface area contributed by atoms with E-state index in [4.69, 9.17) is 10.3 Å². The van der Waals surface area contributed by atoms with E-state index in [0.29, 0.717) is 0 Å². The summed E-state index contributed by atoms with van der Waals surface area (Å²) in [5, 5.41) is 12.9. The van der Waals surface area contributed by atoms with Crippen LogP contribution in [-0.4, -0.2) is 70.8 Å². The Morgan fingerprint density at radius 3 is 2.77 bits per heavy atom. The summed E-state index contributed by atoms with van der Waals surface area (Å²) in [5.74, 6) is -1.00. The van der Waals surface area contributed by atoms with Crippen LogP contribution in [-0.2, 0) is 4.79 Å². The number of likely N-dealkylation sites (tertiary alicyclic amines) is 1. The van der Waals surface area contributed by atoms with Gasteiger partial charge in [0.15, 0.2) is 5.82 Å². The van der Waals surface area contributed by atoms with Crippen LogP contribution in [0, 0.1) is 11.3 Å². The number of amides is 1. The van der Waals surface area contributed by atoms with Gasteiger partial charge in [-0.3, -0.25) is 4.79 Å². The van der Waals surface area contributed by atoms with E-state index in [1.54, 1.807) is 0 Å². The van der Waals surface area contributed by atoms with Crippen molar-refractivity contribution in [3.05, 3.63) is 30.2 Å². The number of anilines is 2. The second-order valence-corrected chi connectivity index (χ2v) is 7.90. The lowest BCUT2D eigenvalue weighted by molar-refractivity contribution is -0.128. The molecule has 35 heavy (non-hydrogen) atoms. The molecule has 10 nitrogen and oxygen atoms in total. The van der Waals surface area contributed by atoms with Crippen LogP contribution in [0.3, 0.4) is 0 Å². The molecule has 0 aliphatic carbocycles. The minimum absolute atomic E-state index is 0.0189. The lowest BCUT2D eigenvalue weighted by Crippen LogP contribution is -2.32. The third-order valence-corrected chi connectivity index (χ3v) is 5.61. The van der Waals surface area contributed by atoms with Gasteiger partial charge < -0.3 is 20.3 Å². The highest BCUT2D eigenvalue weighted by Gasteiger charge is 2.35. The first-order valence-electron chi connectivity index (χ1n) is 10.5. The van der Waals surface area contributed by atoms with Crippen molar-refractivity contribution in [2.45, 2.75) is 25.6 Å². The van der Waals surface area contributed by atoms with Crippen LogP contribution in [0.25, 0.3) is 16.6 Å². The molecule has 0 unspecified atom stereocenters. The van der Waals surface area contributed by atoms with Gasteiger partial charge in [0.05, 0.1) is 43.7 Å². The van der Waals surface area contributed by atoms with E-state index in [1.807, 2.05) is 0 Å². The fourth-order valence-corrected chi connectivity index (χ4v) is 3.94. The molecule has 3 N–H and O–H groups in total. The third-order valence-electron chi connectivity index (χ3n) is 5.61. The van der Waals surface area contributed by atoms with Gasteiger partial charge in [0.25, 0.3) is 6.43 Å². The van der Waals surface area contributed by atoms with E-state index in [-0.39, 0.29) is 58.8 Å². The smallest absolute Gasteiger partial charge is 0.255 e. The van der Waals surface area contributed by atoms with Crippen molar-refractivity contribution >= 4 is 28.7 Å². The molecular weight excluding hydrogens is 472 g/mol. The number of carbonyl (C=O) groups is 1. The third kappa shape index (κ3) is 4.81. The Morgan fingerprint density at radius 2 is 2.14 bits per heavy atom. The average Bonchev–Trinajstić information content (AvgIpc) is 3.35. The molecule has 1 aromatic carbocycles. The maximum absolute atomic E-state index is 15.1. The molecule has 1 aliphatic rings. The molecule has 2 atom stereocenters. The molecule has 0 bridgehead atoms. The number of aromatic nitrogens is 3. The van der Waals surface area contributed by atoms with Gasteiger partial charge in [0.1, 0.15) is 17.4 Å². The summed E-state index contributed by atoms with van der Waals surface area (Å²) in [6.07, 6.45) is -2.91. The fourth-order valence-electron chi connectivity index (χ4n) is 3.94. The van der Waals surface area contributed by atoms with E-state index in [0.717, 1.165) is 6.20 Å². The highest BCUT2D eigenvalue weighted by Crippen LogP contribution is 2.38. The Bertz CT molecular complexity index is 1270. The van der Waals surface area contributed by atoms with E-state index in [1.165, 1.54) is 41.6 Å². The second kappa shape index (κ2) is 9.72. The highest BCUT2D eigenvalue weighted by molar-refractivity contribution is 5.88. The van der Waals surface area contributed by atoms with Crippen molar-refractivity contribution in [2.75, 3.05) is 37.4 Å². The van der Waals surface area contributed by atoms with Crippen molar-refractivity contribution < 1.29 is 27.1 Å². The van der Waals surface area contributed by atoms with Crippen molar-refractivity contribution in [3.8, 4) is 17.0 Å². The number of benzene rings is 1. The fraction of sp³-hybridized carbons (Fsp3) is 0.381. The maximum atomic E-state index is 15.1. The number of ether oxygens (including phenoxy) is 1. The minimum Gasteiger partial charge on any atom is -0.479 e. The molecule has 186 valence electrons. The van der Waals surface area contributed by atoms with Gasteiger partial charge in [-0.05, 0) is 17.7 Å². The number of rotatable bonds is 8. The van der Waals surface area contributed by atoms with E-state index in [2.05, 4.69) is 25.8 Å². The lowest BCUT2D eigenvalue weighted by atomic mass is 10.0. The molecule has 0 radical (unpaired) electrons. The number of methoxy groups -OCH3 is 1. The molecular formula is C21H22F4N8O2. The summed E-state index contributed by atoms with van der Waals surface area (Å²) in [6.45, 7) is 0.735. The standard InChI is InChI=1S/C21H22F4N8O2/c1-10(34)32-7-12(22)16(9-32)28-21-29-20(35-2)19-18(13(23)8-33(19)31-21)11-3-4-14(30-26)15(5-11)27-6-17(24)25/h3-5,8,12,16-17,26-27H,6-7,9H2,1-2H3,(H,28,31)/t12-,16+/m0/s1. The van der Waals surface area contributed by atoms with Crippen LogP contribution < -0.4 is 15.4 Å². The Balaban J connectivity index is 1.72. The number of halogens is 4. The monoisotopic (exact) mass is 494 g/mol. The number of hydrogen-bond acceptors (Lipinski definition) is 8. The van der Waals surface area contributed by atoms with Crippen molar-refractivity contribution in [2.24, 2.45) is 5.11 Å². The first-order chi connectivity index (χ1) is 16.7. The summed E-state index contributed by atoms with van der Waals surface area (Å²) < 4.78 is 61.4. The second-order valence-electron chi connectivity index (χ2n) is 7.90. The van der Waals surface area contributed by atoms with Gasteiger partial charge in [-0.2, -0.15) is 10.1 Å². The van der Waals surface area contributed by atoms with Crippen LogP contribution in [0.2, 0.25) is 0 Å². The zero-order valence-corrected chi connectivity index (χ0v) is 18.7. The van der Waals surface area contributed by atoms with Gasteiger partial charge in [-0.25, -0.2) is 27.6 Å². The molecule has 14 heteroatoms. The summed E-state index contributed by atoms with van der Waals surface area (Å²) in [5.41, 5.74) is 7.95. The van der Waals surface area contributed by atoms with Crippen LogP contribution in [0.5, 0.6) is 5.88 Å². The number of hydrogen-bond donors (Lipinski definition) is 3. The van der Waals surface area contributed by atoms with E-state index in [9.17, 15) is 18.0 Å². The van der Waals surface area contributed by atoms with Gasteiger partial charge >= 0.3 is 0 Å². The topological polar surface area (TPSA) is 120 Å². The number of nitrogens with one attached hydrogen (secondary N) is 3. The number of nitrogens with zero attached hydrogens (tertiary/aromatic N) is 5. The molecule has 1 amide bonds. The van der Waals surface area contributed by atoms with Gasteiger partial charge in [-0.1, -0.05) is 6.07 Å². The molecule has 3 aromatic rings. The summed E-state index contributed by atoms with van der Waals surface area (Å²) in [7, 11) is 1.32. The van der Waals surface area contributed by atoms with Crippen LogP contribution >= 0.6 is 0 Å². The van der Waals surface area contributed by atoms with Crippen LogP contribution in [0.1, 0.15) is 6.92 Å².